The SMILES string of the molecule is CC(=O)Oc1ccccc1C(=O)n1nc2c(c1-c1nn[nH]n1)CC1CC21. The molecule has 1 fully saturated rings. The number of tetrazole rings is 1. The first-order valence-electron chi connectivity index (χ1n) is 8.31. The molecular formula is C17H14N6O3. The van der Waals surface area contributed by atoms with E-state index in [2.05, 4.69) is 25.7 Å². The summed E-state index contributed by atoms with van der Waals surface area (Å²) in [5.74, 6) is 0.660. The van der Waals surface area contributed by atoms with Crippen LogP contribution in [0.5, 0.6) is 5.75 Å². The van der Waals surface area contributed by atoms with Crippen LogP contribution < -0.4 is 4.74 Å². The van der Waals surface area contributed by atoms with Gasteiger partial charge in [-0.25, -0.2) is 0 Å². The van der Waals surface area contributed by atoms with E-state index in [1.807, 2.05) is 0 Å². The van der Waals surface area contributed by atoms with Crippen LogP contribution in [0.15, 0.2) is 24.3 Å². The minimum absolute atomic E-state index is 0.198. The average Bonchev–Trinajstić information content (AvgIpc) is 3.00. The molecule has 5 rings (SSSR count). The van der Waals surface area contributed by atoms with Gasteiger partial charge in [-0.2, -0.15) is 15.0 Å². The number of fused-ring (bicyclic) bond motifs is 3. The second kappa shape index (κ2) is 5.32. The maximum atomic E-state index is 13.2. The number of hydrogen-bond donors (Lipinski definition) is 1. The number of hydrogen-bond acceptors (Lipinski definition) is 7. The van der Waals surface area contributed by atoms with Crippen molar-refractivity contribution in [3.63, 3.8) is 0 Å². The number of nitrogens with one attached hydrogen (secondary N) is 1. The van der Waals surface area contributed by atoms with Crippen LogP contribution in [0.1, 0.15) is 40.9 Å². The van der Waals surface area contributed by atoms with E-state index in [-0.39, 0.29) is 11.3 Å². The van der Waals surface area contributed by atoms with Crippen LogP contribution in [0.3, 0.4) is 0 Å². The van der Waals surface area contributed by atoms with Gasteiger partial charge < -0.3 is 4.74 Å². The molecule has 2 heterocycles. The van der Waals surface area contributed by atoms with Crippen molar-refractivity contribution in [2.75, 3.05) is 0 Å². The Kier molecular flexibility index (Phi) is 3.05. The van der Waals surface area contributed by atoms with Crippen molar-refractivity contribution in [2.24, 2.45) is 5.92 Å². The van der Waals surface area contributed by atoms with Gasteiger partial charge in [0.1, 0.15) is 11.4 Å². The van der Waals surface area contributed by atoms with Gasteiger partial charge in [-0.15, -0.1) is 10.2 Å². The number of H-pyrrole nitrogens is 1. The summed E-state index contributed by atoms with van der Waals surface area (Å²) in [6.45, 7) is 1.29. The quantitative estimate of drug-likeness (QED) is 0.559. The lowest BCUT2D eigenvalue weighted by molar-refractivity contribution is -0.131. The number of carbonyl (C=O) groups excluding carboxylic acids is 2. The number of para-hydroxylation sites is 1. The third-order valence-electron chi connectivity index (χ3n) is 4.88. The van der Waals surface area contributed by atoms with Gasteiger partial charge in [-0.1, -0.05) is 12.1 Å². The van der Waals surface area contributed by atoms with Gasteiger partial charge in [-0.05, 0) is 36.1 Å². The van der Waals surface area contributed by atoms with E-state index in [9.17, 15) is 9.59 Å². The number of aromatic amines is 1. The molecule has 2 unspecified atom stereocenters. The van der Waals surface area contributed by atoms with Crippen LogP contribution in [0, 0.1) is 5.92 Å². The highest BCUT2D eigenvalue weighted by molar-refractivity contribution is 6.00. The van der Waals surface area contributed by atoms with E-state index in [1.54, 1.807) is 24.3 Å². The molecule has 1 N–H and O–H groups in total. The van der Waals surface area contributed by atoms with E-state index < -0.39 is 11.9 Å². The molecule has 9 heteroatoms. The fourth-order valence-corrected chi connectivity index (χ4v) is 3.68. The van der Waals surface area contributed by atoms with Crippen molar-refractivity contribution in [1.82, 2.24) is 30.4 Å². The second-order valence-electron chi connectivity index (χ2n) is 6.56. The van der Waals surface area contributed by atoms with Gasteiger partial charge in [0.05, 0.1) is 11.3 Å². The lowest BCUT2D eigenvalue weighted by Crippen LogP contribution is -2.18. The predicted molar refractivity (Wildman–Crippen MR) is 87.4 cm³/mol. The lowest BCUT2D eigenvalue weighted by atomic mass is 10.1. The zero-order valence-corrected chi connectivity index (χ0v) is 13.8. The van der Waals surface area contributed by atoms with Gasteiger partial charge in [0.15, 0.2) is 0 Å². The molecule has 2 aliphatic rings. The van der Waals surface area contributed by atoms with Crippen LogP contribution in [-0.2, 0) is 11.2 Å². The summed E-state index contributed by atoms with van der Waals surface area (Å²) in [5, 5.41) is 18.7. The van der Waals surface area contributed by atoms with Gasteiger partial charge in [0.25, 0.3) is 5.91 Å². The van der Waals surface area contributed by atoms with Crippen LogP contribution in [0.4, 0.5) is 0 Å². The maximum absolute atomic E-state index is 13.2. The smallest absolute Gasteiger partial charge is 0.308 e. The largest absolute Gasteiger partial charge is 0.426 e. The molecule has 2 aliphatic carbocycles. The van der Waals surface area contributed by atoms with E-state index in [1.165, 1.54) is 11.6 Å². The second-order valence-corrected chi connectivity index (χ2v) is 6.56. The fraction of sp³-hybridized carbons (Fsp3) is 0.294. The van der Waals surface area contributed by atoms with E-state index in [0.29, 0.717) is 23.4 Å². The highest BCUT2D eigenvalue weighted by Crippen LogP contribution is 2.57. The monoisotopic (exact) mass is 350 g/mol. The Morgan fingerprint density at radius 3 is 2.92 bits per heavy atom. The summed E-state index contributed by atoms with van der Waals surface area (Å²) in [5.41, 5.74) is 2.75. The molecule has 0 spiro atoms. The molecular weight excluding hydrogens is 336 g/mol. The first-order chi connectivity index (χ1) is 12.6. The van der Waals surface area contributed by atoms with Crippen molar-refractivity contribution in [3.05, 3.63) is 41.1 Å². The fourth-order valence-electron chi connectivity index (χ4n) is 3.68. The highest BCUT2D eigenvalue weighted by Gasteiger charge is 2.50. The summed E-state index contributed by atoms with van der Waals surface area (Å²) < 4.78 is 6.49. The molecule has 0 radical (unpaired) electrons. The maximum Gasteiger partial charge on any atom is 0.308 e. The molecule has 0 bridgehead atoms. The lowest BCUT2D eigenvalue weighted by Gasteiger charge is -2.09. The standard InChI is InChI=1S/C17H14N6O3/c1-8(24)26-13-5-3-2-4-10(13)17(25)23-15(16-18-21-22-19-16)12-7-9-6-11(9)14(12)20-23/h2-5,9,11H,6-7H2,1H3,(H,18,19,21,22). The van der Waals surface area contributed by atoms with Crippen molar-refractivity contribution in [1.29, 1.82) is 0 Å². The zero-order valence-electron chi connectivity index (χ0n) is 13.8. The Morgan fingerprint density at radius 2 is 2.15 bits per heavy atom. The highest BCUT2D eigenvalue weighted by atomic mass is 16.5. The summed E-state index contributed by atoms with van der Waals surface area (Å²) in [4.78, 5) is 24.6. The minimum Gasteiger partial charge on any atom is -0.426 e. The molecule has 2 aromatic heterocycles. The summed E-state index contributed by atoms with van der Waals surface area (Å²) in [6, 6.07) is 6.60. The number of rotatable bonds is 3. The molecule has 9 nitrogen and oxygen atoms in total. The minimum atomic E-state index is -0.493. The zero-order chi connectivity index (χ0) is 17.8. The number of aromatic nitrogens is 6. The van der Waals surface area contributed by atoms with E-state index in [4.69, 9.17) is 4.74 Å². The van der Waals surface area contributed by atoms with Crippen LogP contribution in [-0.4, -0.2) is 42.3 Å². The van der Waals surface area contributed by atoms with Crippen molar-refractivity contribution >= 4 is 11.9 Å². The first-order valence-corrected chi connectivity index (χ1v) is 8.31. The number of nitrogens with zero attached hydrogens (tertiary/aromatic N) is 5. The van der Waals surface area contributed by atoms with Crippen molar-refractivity contribution in [2.45, 2.75) is 25.7 Å². The molecule has 0 amide bonds. The predicted octanol–water partition coefficient (Wildman–Crippen LogP) is 1.34. The molecule has 0 saturated heterocycles. The van der Waals surface area contributed by atoms with Crippen LogP contribution in [0.2, 0.25) is 0 Å². The van der Waals surface area contributed by atoms with Gasteiger partial charge >= 0.3 is 5.97 Å². The van der Waals surface area contributed by atoms with Crippen LogP contribution >= 0.6 is 0 Å². The third-order valence-corrected chi connectivity index (χ3v) is 4.88. The molecule has 1 saturated carbocycles. The summed E-state index contributed by atoms with van der Waals surface area (Å²) in [6.07, 6.45) is 1.97. The third kappa shape index (κ3) is 2.17. The Hall–Kier alpha value is -3.36. The Bertz CT molecular complexity index is 1040. The van der Waals surface area contributed by atoms with Gasteiger partial charge in [-0.3, -0.25) is 9.59 Å². The summed E-state index contributed by atoms with van der Waals surface area (Å²) >= 11 is 0. The number of carbonyl (C=O) groups is 2. The Morgan fingerprint density at radius 1 is 1.31 bits per heavy atom. The molecule has 3 aromatic rings. The number of benzene rings is 1. The van der Waals surface area contributed by atoms with E-state index >= 15 is 0 Å². The van der Waals surface area contributed by atoms with Crippen LogP contribution in [0.25, 0.3) is 11.5 Å². The molecule has 1 aromatic carbocycles. The molecule has 130 valence electrons. The van der Waals surface area contributed by atoms with Gasteiger partial charge in [0, 0.05) is 18.4 Å². The average molecular weight is 350 g/mol. The first kappa shape index (κ1) is 14.9. The normalized spacial score (nSPS) is 19.7. The molecule has 26 heavy (non-hydrogen) atoms. The summed E-state index contributed by atoms with van der Waals surface area (Å²) in [7, 11) is 0. The Balaban J connectivity index is 1.64. The number of esters is 1. The Labute approximate surface area is 147 Å². The topological polar surface area (TPSA) is 116 Å². The van der Waals surface area contributed by atoms with E-state index in [0.717, 1.165) is 24.1 Å². The van der Waals surface area contributed by atoms with Crippen molar-refractivity contribution < 1.29 is 14.3 Å². The number of ether oxygens (including phenoxy) is 1. The van der Waals surface area contributed by atoms with Crippen molar-refractivity contribution in [3.8, 4) is 17.3 Å². The van der Waals surface area contributed by atoms with Gasteiger partial charge in [0.2, 0.25) is 5.82 Å². The molecule has 2 atom stereocenters. The molecule has 0 aliphatic heterocycles.